The number of nitrogens with one attached hydrogen (secondary N) is 1. The van der Waals surface area contributed by atoms with Gasteiger partial charge < -0.3 is 15.8 Å². The van der Waals surface area contributed by atoms with E-state index in [9.17, 15) is 4.79 Å². The lowest BCUT2D eigenvalue weighted by Gasteiger charge is -2.21. The molecule has 0 spiro atoms. The van der Waals surface area contributed by atoms with Crippen molar-refractivity contribution in [1.29, 1.82) is 0 Å². The van der Waals surface area contributed by atoms with Crippen LogP contribution >= 0.6 is 0 Å². The van der Waals surface area contributed by atoms with E-state index in [1.807, 2.05) is 6.92 Å². The Morgan fingerprint density at radius 3 is 2.80 bits per heavy atom. The smallest absolute Gasteiger partial charge is 0.239 e. The molecule has 4 heteroatoms. The summed E-state index contributed by atoms with van der Waals surface area (Å²) in [5, 5.41) is 2.78. The molecule has 1 rings (SSSR count). The molecule has 3 N–H and O–H groups in total. The summed E-state index contributed by atoms with van der Waals surface area (Å²) in [5.74, 6) is 0.677. The Morgan fingerprint density at radius 1 is 1.60 bits per heavy atom. The minimum absolute atomic E-state index is 0.0972. The first-order chi connectivity index (χ1) is 7.06. The van der Waals surface area contributed by atoms with E-state index in [1.54, 1.807) is 6.92 Å². The first-order valence-corrected chi connectivity index (χ1v) is 5.71. The van der Waals surface area contributed by atoms with Crippen LogP contribution in [0.5, 0.6) is 0 Å². The molecule has 0 aliphatic heterocycles. The zero-order chi connectivity index (χ0) is 11.3. The first-order valence-electron chi connectivity index (χ1n) is 5.71. The van der Waals surface area contributed by atoms with Crippen LogP contribution in [0.2, 0.25) is 0 Å². The Bertz CT molecular complexity index is 213. The first kappa shape index (κ1) is 12.5. The third-order valence-corrected chi connectivity index (χ3v) is 2.84. The summed E-state index contributed by atoms with van der Waals surface area (Å²) in [5.41, 5.74) is 5.03. The van der Waals surface area contributed by atoms with Crippen LogP contribution in [0.1, 0.15) is 33.1 Å². The summed E-state index contributed by atoms with van der Waals surface area (Å²) in [4.78, 5) is 11.5. The quantitative estimate of drug-likeness (QED) is 0.612. The maximum atomic E-state index is 11.5. The van der Waals surface area contributed by atoms with Crippen molar-refractivity contribution in [2.75, 3.05) is 19.8 Å². The fraction of sp³-hybridized carbons (Fsp3) is 0.909. The minimum Gasteiger partial charge on any atom is -0.379 e. The van der Waals surface area contributed by atoms with E-state index >= 15 is 0 Å². The number of hydrogen-bond acceptors (Lipinski definition) is 3. The van der Waals surface area contributed by atoms with Crippen molar-refractivity contribution in [3.63, 3.8) is 0 Å². The van der Waals surface area contributed by atoms with Gasteiger partial charge in [-0.15, -0.1) is 0 Å². The molecule has 1 aliphatic rings. The molecule has 1 saturated carbocycles. The van der Waals surface area contributed by atoms with E-state index in [1.165, 1.54) is 12.8 Å². The van der Waals surface area contributed by atoms with Crippen LogP contribution in [0.4, 0.5) is 0 Å². The average Bonchev–Trinajstić information content (AvgIpc) is 3.00. The molecule has 0 saturated heterocycles. The Morgan fingerprint density at radius 2 is 2.27 bits per heavy atom. The lowest BCUT2D eigenvalue weighted by Crippen LogP contribution is -2.51. The molecule has 1 aliphatic carbocycles. The van der Waals surface area contributed by atoms with Gasteiger partial charge in [0.15, 0.2) is 0 Å². The molecule has 0 bridgehead atoms. The van der Waals surface area contributed by atoms with E-state index in [0.717, 1.165) is 12.5 Å². The van der Waals surface area contributed by atoms with Gasteiger partial charge in [-0.1, -0.05) is 6.92 Å². The minimum atomic E-state index is -0.753. The summed E-state index contributed by atoms with van der Waals surface area (Å²) in [7, 11) is 0. The standard InChI is InChI=1S/C11H22N2O2/c1-3-11(2,12)10(14)13-6-7-15-8-9-4-5-9/h9H,3-8,12H2,1-2H3,(H,13,14). The van der Waals surface area contributed by atoms with Crippen molar-refractivity contribution in [3.05, 3.63) is 0 Å². The summed E-state index contributed by atoms with van der Waals surface area (Å²) in [6.45, 7) is 5.63. The lowest BCUT2D eigenvalue weighted by atomic mass is 10.00. The van der Waals surface area contributed by atoms with Crippen LogP contribution in [0.15, 0.2) is 0 Å². The molecule has 0 radical (unpaired) electrons. The van der Waals surface area contributed by atoms with E-state index < -0.39 is 5.54 Å². The van der Waals surface area contributed by atoms with Crippen molar-refractivity contribution in [3.8, 4) is 0 Å². The summed E-state index contributed by atoms with van der Waals surface area (Å²) in [6.07, 6.45) is 3.23. The van der Waals surface area contributed by atoms with Gasteiger partial charge in [-0.2, -0.15) is 0 Å². The lowest BCUT2D eigenvalue weighted by molar-refractivity contribution is -0.126. The second-order valence-corrected chi connectivity index (χ2v) is 4.55. The number of rotatable bonds is 7. The van der Waals surface area contributed by atoms with Gasteiger partial charge in [0, 0.05) is 13.2 Å². The van der Waals surface area contributed by atoms with E-state index in [2.05, 4.69) is 5.32 Å². The SMILES string of the molecule is CCC(C)(N)C(=O)NCCOCC1CC1. The third kappa shape index (κ3) is 4.62. The second-order valence-electron chi connectivity index (χ2n) is 4.55. The highest BCUT2D eigenvalue weighted by molar-refractivity contribution is 5.85. The molecule has 88 valence electrons. The van der Waals surface area contributed by atoms with Crippen molar-refractivity contribution < 1.29 is 9.53 Å². The fourth-order valence-corrected chi connectivity index (χ4v) is 1.13. The number of nitrogens with two attached hydrogens (primary N) is 1. The van der Waals surface area contributed by atoms with Gasteiger partial charge in [-0.3, -0.25) is 4.79 Å². The number of amides is 1. The second kappa shape index (κ2) is 5.47. The van der Waals surface area contributed by atoms with Crippen molar-refractivity contribution in [2.45, 2.75) is 38.6 Å². The summed E-state index contributed by atoms with van der Waals surface area (Å²) in [6, 6.07) is 0. The number of ether oxygens (including phenoxy) is 1. The van der Waals surface area contributed by atoms with Crippen LogP contribution in [0.3, 0.4) is 0 Å². The Balaban J connectivity index is 2.00. The summed E-state index contributed by atoms with van der Waals surface area (Å²) < 4.78 is 5.40. The molecule has 15 heavy (non-hydrogen) atoms. The van der Waals surface area contributed by atoms with Crippen LogP contribution in [-0.4, -0.2) is 31.2 Å². The highest BCUT2D eigenvalue weighted by Crippen LogP contribution is 2.28. The zero-order valence-electron chi connectivity index (χ0n) is 9.71. The molecule has 0 aromatic heterocycles. The van der Waals surface area contributed by atoms with Crippen molar-refractivity contribution in [1.82, 2.24) is 5.32 Å². The molecule has 1 fully saturated rings. The number of carbonyl (C=O) groups excluding carboxylic acids is 1. The largest absolute Gasteiger partial charge is 0.379 e. The predicted molar refractivity (Wildman–Crippen MR) is 59.4 cm³/mol. The van der Waals surface area contributed by atoms with Crippen LogP contribution in [0.25, 0.3) is 0 Å². The predicted octanol–water partition coefficient (Wildman–Crippen LogP) is 0.657. The Kier molecular flexibility index (Phi) is 4.54. The highest BCUT2D eigenvalue weighted by Gasteiger charge is 2.25. The van der Waals surface area contributed by atoms with Gasteiger partial charge in [0.05, 0.1) is 12.1 Å². The molecular weight excluding hydrogens is 192 g/mol. The van der Waals surface area contributed by atoms with Gasteiger partial charge in [-0.05, 0) is 32.1 Å². The zero-order valence-corrected chi connectivity index (χ0v) is 9.71. The van der Waals surface area contributed by atoms with Gasteiger partial charge in [-0.25, -0.2) is 0 Å². The Hall–Kier alpha value is -0.610. The van der Waals surface area contributed by atoms with E-state index in [-0.39, 0.29) is 5.91 Å². The maximum Gasteiger partial charge on any atom is 0.239 e. The normalized spacial score (nSPS) is 19.7. The molecule has 1 amide bonds. The molecular formula is C11H22N2O2. The molecule has 4 nitrogen and oxygen atoms in total. The van der Waals surface area contributed by atoms with E-state index in [0.29, 0.717) is 19.6 Å². The molecule has 0 heterocycles. The average molecular weight is 214 g/mol. The van der Waals surface area contributed by atoms with Crippen LogP contribution in [0, 0.1) is 5.92 Å². The van der Waals surface area contributed by atoms with Crippen molar-refractivity contribution in [2.24, 2.45) is 11.7 Å². The molecule has 0 aromatic rings. The number of carbonyl (C=O) groups is 1. The molecule has 1 unspecified atom stereocenters. The maximum absolute atomic E-state index is 11.5. The van der Waals surface area contributed by atoms with Gasteiger partial charge in [0.2, 0.25) is 5.91 Å². The van der Waals surface area contributed by atoms with Gasteiger partial charge >= 0.3 is 0 Å². The third-order valence-electron chi connectivity index (χ3n) is 2.84. The molecule has 1 atom stereocenters. The topological polar surface area (TPSA) is 64.4 Å². The fourth-order valence-electron chi connectivity index (χ4n) is 1.13. The van der Waals surface area contributed by atoms with E-state index in [4.69, 9.17) is 10.5 Å². The number of hydrogen-bond donors (Lipinski definition) is 2. The Labute approximate surface area is 91.5 Å². The van der Waals surface area contributed by atoms with Crippen LogP contribution in [-0.2, 0) is 9.53 Å². The van der Waals surface area contributed by atoms with Crippen molar-refractivity contribution >= 4 is 5.91 Å². The monoisotopic (exact) mass is 214 g/mol. The highest BCUT2D eigenvalue weighted by atomic mass is 16.5. The summed E-state index contributed by atoms with van der Waals surface area (Å²) >= 11 is 0. The van der Waals surface area contributed by atoms with Crippen LogP contribution < -0.4 is 11.1 Å². The molecule has 0 aromatic carbocycles. The van der Waals surface area contributed by atoms with Gasteiger partial charge in [0.1, 0.15) is 0 Å². The van der Waals surface area contributed by atoms with Gasteiger partial charge in [0.25, 0.3) is 0 Å².